The summed E-state index contributed by atoms with van der Waals surface area (Å²) in [5, 5.41) is 14.4. The largest absolute Gasteiger partial charge is 0.378 e. The number of hydrogen-bond donors (Lipinski definition) is 2. The van der Waals surface area contributed by atoms with Crippen LogP contribution in [0.25, 0.3) is 0 Å². The number of rotatable bonds is 4. The lowest BCUT2D eigenvalue weighted by Crippen LogP contribution is -2.45. The van der Waals surface area contributed by atoms with E-state index in [1.165, 1.54) is 0 Å². The van der Waals surface area contributed by atoms with Gasteiger partial charge in [0, 0.05) is 25.0 Å². The van der Waals surface area contributed by atoms with E-state index in [1.807, 2.05) is 13.0 Å². The molecule has 1 fully saturated rings. The minimum Gasteiger partial charge on any atom is -0.378 e. The number of nitrogens with one attached hydrogen (secondary N) is 2. The molecule has 5 nitrogen and oxygen atoms in total. The van der Waals surface area contributed by atoms with Crippen molar-refractivity contribution < 1.29 is 9.53 Å². The number of nitriles is 1. The predicted octanol–water partition coefficient (Wildman–Crippen LogP) is -0.217. The molecule has 84 valence electrons. The molecular formula is C10H17N3O2. The van der Waals surface area contributed by atoms with Crippen LogP contribution in [0.15, 0.2) is 0 Å². The van der Waals surface area contributed by atoms with Gasteiger partial charge >= 0.3 is 0 Å². The molecule has 0 bridgehead atoms. The molecule has 0 aromatic heterocycles. The van der Waals surface area contributed by atoms with Gasteiger partial charge < -0.3 is 15.4 Å². The standard InChI is InChI=1S/C10H17N3O2/c1-8(2-3-11)13-10(14)6-9-7-15-5-4-12-9/h8-9,12H,2,4-7H2,1H3,(H,13,14). The summed E-state index contributed by atoms with van der Waals surface area (Å²) < 4.78 is 5.24. The molecule has 0 aromatic rings. The van der Waals surface area contributed by atoms with Crippen molar-refractivity contribution >= 4 is 5.91 Å². The SMILES string of the molecule is CC(CC#N)NC(=O)CC1COCCN1. The fraction of sp³-hybridized carbons (Fsp3) is 0.800. The third-order valence-corrected chi connectivity index (χ3v) is 2.24. The molecule has 1 heterocycles. The Morgan fingerprint density at radius 3 is 3.20 bits per heavy atom. The van der Waals surface area contributed by atoms with E-state index in [0.717, 1.165) is 6.54 Å². The molecule has 0 saturated carbocycles. The number of amides is 1. The molecule has 2 atom stereocenters. The van der Waals surface area contributed by atoms with E-state index in [9.17, 15) is 4.79 Å². The number of nitrogens with zero attached hydrogens (tertiary/aromatic N) is 1. The molecule has 0 radical (unpaired) electrons. The number of carbonyl (C=O) groups excluding carboxylic acids is 1. The number of ether oxygens (including phenoxy) is 1. The second kappa shape index (κ2) is 6.38. The molecule has 1 rings (SSSR count). The maximum Gasteiger partial charge on any atom is 0.221 e. The van der Waals surface area contributed by atoms with Crippen LogP contribution in [0.4, 0.5) is 0 Å². The van der Waals surface area contributed by atoms with Crippen LogP contribution in [0.3, 0.4) is 0 Å². The first-order chi connectivity index (χ1) is 7.22. The van der Waals surface area contributed by atoms with Gasteiger partial charge in [0.25, 0.3) is 0 Å². The molecule has 1 saturated heterocycles. The lowest BCUT2D eigenvalue weighted by atomic mass is 10.1. The van der Waals surface area contributed by atoms with E-state index in [0.29, 0.717) is 26.1 Å². The van der Waals surface area contributed by atoms with Crippen molar-refractivity contribution in [3.05, 3.63) is 0 Å². The molecule has 2 unspecified atom stereocenters. The summed E-state index contributed by atoms with van der Waals surface area (Å²) in [5.74, 6) is -0.0271. The number of carbonyl (C=O) groups is 1. The first-order valence-corrected chi connectivity index (χ1v) is 5.20. The van der Waals surface area contributed by atoms with Gasteiger partial charge in [0.1, 0.15) is 0 Å². The maximum atomic E-state index is 11.5. The van der Waals surface area contributed by atoms with Crippen LogP contribution in [0.5, 0.6) is 0 Å². The van der Waals surface area contributed by atoms with Crippen LogP contribution < -0.4 is 10.6 Å². The highest BCUT2D eigenvalue weighted by Gasteiger charge is 2.17. The maximum absolute atomic E-state index is 11.5. The van der Waals surface area contributed by atoms with Crippen molar-refractivity contribution in [2.75, 3.05) is 19.8 Å². The molecule has 2 N–H and O–H groups in total. The number of hydrogen-bond acceptors (Lipinski definition) is 4. The van der Waals surface area contributed by atoms with Gasteiger partial charge in [-0.3, -0.25) is 4.79 Å². The third-order valence-electron chi connectivity index (χ3n) is 2.24. The van der Waals surface area contributed by atoms with Gasteiger partial charge in [0.05, 0.1) is 25.7 Å². The van der Waals surface area contributed by atoms with Crippen molar-refractivity contribution in [3.8, 4) is 6.07 Å². The van der Waals surface area contributed by atoms with Crippen LogP contribution in [-0.4, -0.2) is 37.7 Å². The molecular weight excluding hydrogens is 194 g/mol. The zero-order valence-corrected chi connectivity index (χ0v) is 8.95. The van der Waals surface area contributed by atoms with E-state index in [1.54, 1.807) is 0 Å². The van der Waals surface area contributed by atoms with E-state index in [2.05, 4.69) is 10.6 Å². The Morgan fingerprint density at radius 1 is 1.80 bits per heavy atom. The molecule has 0 aliphatic carbocycles. The van der Waals surface area contributed by atoms with Gasteiger partial charge in [-0.25, -0.2) is 0 Å². The van der Waals surface area contributed by atoms with E-state index in [-0.39, 0.29) is 18.0 Å². The monoisotopic (exact) mass is 211 g/mol. The smallest absolute Gasteiger partial charge is 0.221 e. The summed E-state index contributed by atoms with van der Waals surface area (Å²) in [6.07, 6.45) is 0.760. The molecule has 1 amide bonds. The van der Waals surface area contributed by atoms with Gasteiger partial charge in [0.2, 0.25) is 5.91 Å². The molecule has 1 aliphatic heterocycles. The molecule has 0 aromatic carbocycles. The average molecular weight is 211 g/mol. The Bertz CT molecular complexity index is 244. The Hall–Kier alpha value is -1.12. The molecule has 5 heteroatoms. The quantitative estimate of drug-likeness (QED) is 0.674. The van der Waals surface area contributed by atoms with Gasteiger partial charge in [-0.05, 0) is 6.92 Å². The lowest BCUT2D eigenvalue weighted by molar-refractivity contribution is -0.122. The summed E-state index contributed by atoms with van der Waals surface area (Å²) >= 11 is 0. The highest BCUT2D eigenvalue weighted by atomic mass is 16.5. The summed E-state index contributed by atoms with van der Waals surface area (Å²) in [6.45, 7) is 3.92. The summed E-state index contributed by atoms with van der Waals surface area (Å²) in [4.78, 5) is 11.5. The molecule has 0 spiro atoms. The van der Waals surface area contributed by atoms with E-state index in [4.69, 9.17) is 10.00 Å². The van der Waals surface area contributed by atoms with Crippen LogP contribution in [0.2, 0.25) is 0 Å². The zero-order chi connectivity index (χ0) is 11.1. The van der Waals surface area contributed by atoms with Crippen LogP contribution in [0.1, 0.15) is 19.8 Å². The highest BCUT2D eigenvalue weighted by Crippen LogP contribution is 1.99. The van der Waals surface area contributed by atoms with Gasteiger partial charge in [-0.15, -0.1) is 0 Å². The lowest BCUT2D eigenvalue weighted by Gasteiger charge is -2.23. The fourth-order valence-electron chi connectivity index (χ4n) is 1.50. The van der Waals surface area contributed by atoms with Crippen LogP contribution in [-0.2, 0) is 9.53 Å². The van der Waals surface area contributed by atoms with Crippen molar-refractivity contribution in [1.82, 2.24) is 10.6 Å². The summed E-state index contributed by atoms with van der Waals surface area (Å²) in [7, 11) is 0. The van der Waals surface area contributed by atoms with Gasteiger partial charge in [-0.1, -0.05) is 0 Å². The first kappa shape index (κ1) is 12.0. The Morgan fingerprint density at radius 2 is 2.60 bits per heavy atom. The van der Waals surface area contributed by atoms with Crippen molar-refractivity contribution in [1.29, 1.82) is 5.26 Å². The Labute approximate surface area is 89.8 Å². The zero-order valence-electron chi connectivity index (χ0n) is 8.95. The minimum absolute atomic E-state index is 0.0271. The molecule has 1 aliphatic rings. The van der Waals surface area contributed by atoms with E-state index < -0.39 is 0 Å². The summed E-state index contributed by atoms with van der Waals surface area (Å²) in [5.41, 5.74) is 0. The Balaban J connectivity index is 2.20. The van der Waals surface area contributed by atoms with Crippen LogP contribution >= 0.6 is 0 Å². The average Bonchev–Trinajstić information content (AvgIpc) is 2.19. The third kappa shape index (κ3) is 4.77. The van der Waals surface area contributed by atoms with Crippen molar-refractivity contribution in [2.24, 2.45) is 0 Å². The normalized spacial score (nSPS) is 22.8. The first-order valence-electron chi connectivity index (χ1n) is 5.20. The molecule has 15 heavy (non-hydrogen) atoms. The predicted molar refractivity (Wildman–Crippen MR) is 55.1 cm³/mol. The second-order valence-electron chi connectivity index (χ2n) is 3.76. The van der Waals surface area contributed by atoms with Crippen molar-refractivity contribution in [2.45, 2.75) is 31.8 Å². The summed E-state index contributed by atoms with van der Waals surface area (Å²) in [6, 6.07) is 2.05. The van der Waals surface area contributed by atoms with Crippen molar-refractivity contribution in [3.63, 3.8) is 0 Å². The number of morpholine rings is 1. The Kier molecular flexibility index (Phi) is 5.08. The fourth-order valence-corrected chi connectivity index (χ4v) is 1.50. The topological polar surface area (TPSA) is 74.2 Å². The second-order valence-corrected chi connectivity index (χ2v) is 3.76. The highest BCUT2D eigenvalue weighted by molar-refractivity contribution is 5.76. The van der Waals surface area contributed by atoms with E-state index >= 15 is 0 Å². The minimum atomic E-state index is -0.0768. The van der Waals surface area contributed by atoms with Crippen LogP contribution in [0, 0.1) is 11.3 Å². The van der Waals surface area contributed by atoms with Gasteiger partial charge in [0.15, 0.2) is 0 Å². The van der Waals surface area contributed by atoms with Gasteiger partial charge in [-0.2, -0.15) is 5.26 Å².